The Balaban J connectivity index is 2.26. The number of amides is 1. The van der Waals surface area contributed by atoms with Crippen LogP contribution in [-0.2, 0) is 11.3 Å². The first-order valence-electron chi connectivity index (χ1n) is 5.59. The highest BCUT2D eigenvalue weighted by Gasteiger charge is 2.10. The number of hydrogen-bond acceptors (Lipinski definition) is 4. The Morgan fingerprint density at radius 2 is 2.26 bits per heavy atom. The molecule has 0 atom stereocenters. The summed E-state index contributed by atoms with van der Waals surface area (Å²) in [5, 5.41) is 17.7. The van der Waals surface area contributed by atoms with Crippen molar-refractivity contribution in [3.8, 4) is 11.4 Å². The summed E-state index contributed by atoms with van der Waals surface area (Å²) in [7, 11) is 1.69. The molecule has 0 aliphatic heterocycles. The highest BCUT2D eigenvalue weighted by molar-refractivity contribution is 9.10. The summed E-state index contributed by atoms with van der Waals surface area (Å²) in [6.45, 7) is 1.87. The van der Waals surface area contributed by atoms with E-state index < -0.39 is 0 Å². The van der Waals surface area contributed by atoms with Crippen LogP contribution in [-0.4, -0.2) is 38.0 Å². The number of aromatic nitrogens is 3. The van der Waals surface area contributed by atoms with Gasteiger partial charge < -0.3 is 10.0 Å². The molecule has 6 nitrogen and oxygen atoms in total. The Bertz CT molecular complexity index is 612. The van der Waals surface area contributed by atoms with Gasteiger partial charge in [-0.05, 0) is 18.2 Å². The zero-order valence-corrected chi connectivity index (χ0v) is 12.1. The van der Waals surface area contributed by atoms with Crippen LogP contribution < -0.4 is 0 Å². The molecule has 0 unspecified atom stereocenters. The van der Waals surface area contributed by atoms with E-state index in [0.29, 0.717) is 17.9 Å². The molecular formula is C12H13BrN4O2. The molecule has 1 N–H and O–H groups in total. The fourth-order valence-corrected chi connectivity index (χ4v) is 1.87. The molecular weight excluding hydrogens is 312 g/mol. The highest BCUT2D eigenvalue weighted by Crippen LogP contribution is 2.24. The van der Waals surface area contributed by atoms with E-state index in [4.69, 9.17) is 0 Å². The summed E-state index contributed by atoms with van der Waals surface area (Å²) in [6, 6.07) is 5.05. The minimum absolute atomic E-state index is 0.0418. The number of phenolic OH excluding ortho intramolecular Hbond substituents is 1. The third-order valence-electron chi connectivity index (χ3n) is 2.66. The molecule has 0 aliphatic rings. The van der Waals surface area contributed by atoms with Gasteiger partial charge in [-0.25, -0.2) is 4.68 Å². The molecule has 2 aromatic rings. The van der Waals surface area contributed by atoms with Gasteiger partial charge in [-0.15, -0.1) is 5.10 Å². The number of halogens is 1. The fourth-order valence-electron chi connectivity index (χ4n) is 1.52. The maximum absolute atomic E-state index is 11.1. The fraction of sp³-hybridized carbons (Fsp3) is 0.250. The second-order valence-electron chi connectivity index (χ2n) is 4.16. The minimum Gasteiger partial charge on any atom is -0.506 e. The molecule has 0 aliphatic carbocycles. The molecule has 19 heavy (non-hydrogen) atoms. The van der Waals surface area contributed by atoms with Gasteiger partial charge in [0.2, 0.25) is 5.91 Å². The Hall–Kier alpha value is -1.89. The molecule has 0 bridgehead atoms. The lowest BCUT2D eigenvalue weighted by atomic mass is 10.3. The van der Waals surface area contributed by atoms with Crippen molar-refractivity contribution < 1.29 is 9.90 Å². The summed E-state index contributed by atoms with van der Waals surface area (Å²) in [5.74, 6) is 0.0689. The van der Waals surface area contributed by atoms with Crippen molar-refractivity contribution in [2.75, 3.05) is 7.05 Å². The molecule has 0 radical (unpaired) electrons. The summed E-state index contributed by atoms with van der Waals surface area (Å²) in [6.07, 6.45) is 1.68. The molecule has 0 saturated carbocycles. The first kappa shape index (κ1) is 13.5. The first-order chi connectivity index (χ1) is 8.97. The van der Waals surface area contributed by atoms with Crippen LogP contribution in [0.25, 0.3) is 5.69 Å². The number of hydrogen-bond donors (Lipinski definition) is 1. The summed E-state index contributed by atoms with van der Waals surface area (Å²) in [5.41, 5.74) is 1.18. The van der Waals surface area contributed by atoms with Gasteiger partial charge in [0.1, 0.15) is 17.1 Å². The number of carbonyl (C=O) groups is 1. The topological polar surface area (TPSA) is 71.2 Å². The van der Waals surface area contributed by atoms with E-state index in [1.165, 1.54) is 16.5 Å². The summed E-state index contributed by atoms with van der Waals surface area (Å²) >= 11 is 3.33. The van der Waals surface area contributed by atoms with E-state index in [-0.39, 0.29) is 11.7 Å². The second kappa shape index (κ2) is 5.40. The molecule has 1 aromatic carbocycles. The van der Waals surface area contributed by atoms with Crippen LogP contribution in [0.4, 0.5) is 0 Å². The number of aromatic hydroxyl groups is 1. The normalized spacial score (nSPS) is 10.5. The SMILES string of the molecule is CC(=O)N(C)Cc1cn(-c2cc(Br)ccc2O)nn1. The highest BCUT2D eigenvalue weighted by atomic mass is 79.9. The van der Waals surface area contributed by atoms with Gasteiger partial charge in [0.25, 0.3) is 0 Å². The van der Waals surface area contributed by atoms with Crippen LogP contribution in [0.3, 0.4) is 0 Å². The van der Waals surface area contributed by atoms with Crippen molar-refractivity contribution in [2.45, 2.75) is 13.5 Å². The van der Waals surface area contributed by atoms with Crippen LogP contribution in [0.5, 0.6) is 5.75 Å². The zero-order valence-electron chi connectivity index (χ0n) is 10.5. The Kier molecular flexibility index (Phi) is 3.84. The van der Waals surface area contributed by atoms with E-state index in [2.05, 4.69) is 26.2 Å². The van der Waals surface area contributed by atoms with E-state index in [9.17, 15) is 9.90 Å². The molecule has 100 valence electrons. The zero-order chi connectivity index (χ0) is 14.0. The molecule has 0 fully saturated rings. The predicted octanol–water partition coefficient (Wildman–Crippen LogP) is 1.71. The second-order valence-corrected chi connectivity index (χ2v) is 5.08. The molecule has 0 spiro atoms. The third-order valence-corrected chi connectivity index (χ3v) is 3.16. The van der Waals surface area contributed by atoms with Crippen molar-refractivity contribution in [3.05, 3.63) is 34.6 Å². The lowest BCUT2D eigenvalue weighted by Gasteiger charge is -2.11. The molecule has 0 saturated heterocycles. The maximum Gasteiger partial charge on any atom is 0.219 e. The van der Waals surface area contributed by atoms with Gasteiger partial charge >= 0.3 is 0 Å². The van der Waals surface area contributed by atoms with Gasteiger partial charge in [-0.3, -0.25) is 4.79 Å². The quantitative estimate of drug-likeness (QED) is 0.933. The molecule has 1 heterocycles. The van der Waals surface area contributed by atoms with Gasteiger partial charge in [0.15, 0.2) is 0 Å². The smallest absolute Gasteiger partial charge is 0.219 e. The Labute approximate surface area is 118 Å². The largest absolute Gasteiger partial charge is 0.506 e. The van der Waals surface area contributed by atoms with E-state index in [1.807, 2.05) is 0 Å². The van der Waals surface area contributed by atoms with Crippen molar-refractivity contribution in [3.63, 3.8) is 0 Å². The summed E-state index contributed by atoms with van der Waals surface area (Å²) in [4.78, 5) is 12.7. The van der Waals surface area contributed by atoms with Gasteiger partial charge in [-0.2, -0.15) is 0 Å². The molecule has 1 amide bonds. The molecule has 7 heteroatoms. The monoisotopic (exact) mass is 324 g/mol. The Morgan fingerprint density at radius 1 is 1.53 bits per heavy atom. The average molecular weight is 325 g/mol. The number of nitrogens with zero attached hydrogens (tertiary/aromatic N) is 4. The first-order valence-corrected chi connectivity index (χ1v) is 6.38. The number of benzene rings is 1. The van der Waals surface area contributed by atoms with E-state index >= 15 is 0 Å². The number of carbonyl (C=O) groups excluding carboxylic acids is 1. The lowest BCUT2D eigenvalue weighted by Crippen LogP contribution is -2.23. The van der Waals surface area contributed by atoms with Crippen molar-refractivity contribution in [1.82, 2.24) is 19.9 Å². The van der Waals surface area contributed by atoms with E-state index in [1.54, 1.807) is 31.4 Å². The van der Waals surface area contributed by atoms with Crippen LogP contribution in [0, 0.1) is 0 Å². The maximum atomic E-state index is 11.1. The molecule has 1 aromatic heterocycles. The number of phenols is 1. The van der Waals surface area contributed by atoms with E-state index in [0.717, 1.165) is 4.47 Å². The standard InChI is InChI=1S/C12H13BrN4O2/c1-8(18)16(2)6-10-7-17(15-14-10)11-5-9(13)3-4-12(11)19/h3-5,7,19H,6H2,1-2H3. The Morgan fingerprint density at radius 3 is 2.95 bits per heavy atom. The summed E-state index contributed by atoms with van der Waals surface area (Å²) < 4.78 is 2.31. The average Bonchev–Trinajstić information content (AvgIpc) is 2.80. The minimum atomic E-state index is -0.0418. The predicted molar refractivity (Wildman–Crippen MR) is 72.9 cm³/mol. The van der Waals surface area contributed by atoms with Crippen LogP contribution in [0.15, 0.2) is 28.9 Å². The van der Waals surface area contributed by atoms with Crippen LogP contribution >= 0.6 is 15.9 Å². The van der Waals surface area contributed by atoms with Crippen LogP contribution in [0.1, 0.15) is 12.6 Å². The van der Waals surface area contributed by atoms with Gasteiger partial charge in [0.05, 0.1) is 12.7 Å². The van der Waals surface area contributed by atoms with Crippen molar-refractivity contribution in [2.24, 2.45) is 0 Å². The van der Waals surface area contributed by atoms with Crippen LogP contribution in [0.2, 0.25) is 0 Å². The lowest BCUT2D eigenvalue weighted by molar-refractivity contribution is -0.128. The third kappa shape index (κ3) is 3.11. The van der Waals surface area contributed by atoms with Gasteiger partial charge in [-0.1, -0.05) is 21.1 Å². The van der Waals surface area contributed by atoms with Crippen molar-refractivity contribution in [1.29, 1.82) is 0 Å². The van der Waals surface area contributed by atoms with Crippen molar-refractivity contribution >= 4 is 21.8 Å². The number of rotatable bonds is 3. The van der Waals surface area contributed by atoms with Gasteiger partial charge in [0, 0.05) is 18.4 Å². The molecule has 2 rings (SSSR count).